The molecule has 2 unspecified atom stereocenters. The lowest BCUT2D eigenvalue weighted by molar-refractivity contribution is -0.154. The highest BCUT2D eigenvalue weighted by Crippen LogP contribution is 2.26. The summed E-state index contributed by atoms with van der Waals surface area (Å²) in [5, 5.41) is 19.1. The Morgan fingerprint density at radius 1 is 0.500 bits per heavy atom. The van der Waals surface area contributed by atoms with Gasteiger partial charge in [0.1, 0.15) is 0 Å². The van der Waals surface area contributed by atoms with E-state index in [4.69, 9.17) is 0 Å². The van der Waals surface area contributed by atoms with Crippen molar-refractivity contribution in [2.75, 3.05) is 0 Å². The van der Waals surface area contributed by atoms with Crippen molar-refractivity contribution >= 4 is 11.9 Å². The fourth-order valence-corrected chi connectivity index (χ4v) is 3.99. The summed E-state index contributed by atoms with van der Waals surface area (Å²) in [5.41, 5.74) is 0. The molecule has 0 amide bonds. The largest absolute Gasteiger partial charge is 0.481 e. The van der Waals surface area contributed by atoms with Crippen LogP contribution in [0.25, 0.3) is 0 Å². The first kappa shape index (κ1) is 26.9. The topological polar surface area (TPSA) is 74.6 Å². The number of aliphatic carboxylic acids is 2. The van der Waals surface area contributed by atoms with E-state index in [0.29, 0.717) is 12.8 Å². The molecule has 2 atom stereocenters. The van der Waals surface area contributed by atoms with Crippen molar-refractivity contribution in [2.45, 2.75) is 129 Å². The van der Waals surface area contributed by atoms with Crippen molar-refractivity contribution < 1.29 is 19.8 Å². The summed E-state index contributed by atoms with van der Waals surface area (Å²) in [6.07, 6.45) is 19.5. The van der Waals surface area contributed by atoms with Gasteiger partial charge in [0.05, 0.1) is 11.8 Å². The first-order chi connectivity index (χ1) is 13.5. The zero-order valence-corrected chi connectivity index (χ0v) is 18.6. The molecule has 0 fully saturated rings. The highest BCUT2D eigenvalue weighted by atomic mass is 16.4. The minimum Gasteiger partial charge on any atom is -0.481 e. The second kappa shape index (κ2) is 19.3. The Kier molecular flexibility index (Phi) is 18.5. The van der Waals surface area contributed by atoms with Crippen LogP contribution in [0.15, 0.2) is 0 Å². The van der Waals surface area contributed by atoms with E-state index in [1.54, 1.807) is 0 Å². The van der Waals surface area contributed by atoms with Crippen LogP contribution in [0.4, 0.5) is 0 Å². The predicted molar refractivity (Wildman–Crippen MR) is 117 cm³/mol. The number of hydrogen-bond donors (Lipinski definition) is 2. The Morgan fingerprint density at radius 2 is 0.750 bits per heavy atom. The van der Waals surface area contributed by atoms with E-state index in [9.17, 15) is 19.8 Å². The monoisotopic (exact) mass is 398 g/mol. The van der Waals surface area contributed by atoms with Crippen LogP contribution in [0.5, 0.6) is 0 Å². The quantitative estimate of drug-likeness (QED) is 0.197. The molecule has 4 nitrogen and oxygen atoms in total. The van der Waals surface area contributed by atoms with Gasteiger partial charge < -0.3 is 10.2 Å². The zero-order chi connectivity index (χ0) is 21.0. The van der Waals surface area contributed by atoms with Gasteiger partial charge in [-0.3, -0.25) is 9.59 Å². The molecule has 4 heteroatoms. The van der Waals surface area contributed by atoms with E-state index in [-0.39, 0.29) is 0 Å². The number of unbranched alkanes of at least 4 members (excludes halogenated alkanes) is 14. The summed E-state index contributed by atoms with van der Waals surface area (Å²) in [5.74, 6) is -3.34. The zero-order valence-electron chi connectivity index (χ0n) is 18.6. The van der Waals surface area contributed by atoms with Gasteiger partial charge in [-0.15, -0.1) is 0 Å². The summed E-state index contributed by atoms with van der Waals surface area (Å²) in [7, 11) is 0. The first-order valence-corrected chi connectivity index (χ1v) is 12.0. The first-order valence-electron chi connectivity index (χ1n) is 12.0. The van der Waals surface area contributed by atoms with Crippen molar-refractivity contribution in [1.29, 1.82) is 0 Å². The third-order valence-corrected chi connectivity index (χ3v) is 5.86. The Morgan fingerprint density at radius 3 is 1.00 bits per heavy atom. The third-order valence-electron chi connectivity index (χ3n) is 5.86. The summed E-state index contributed by atoms with van der Waals surface area (Å²) in [6, 6.07) is 0. The predicted octanol–water partition coefficient (Wildman–Crippen LogP) is 7.45. The molecule has 166 valence electrons. The molecule has 0 aliphatic carbocycles. The molecule has 0 spiro atoms. The van der Waals surface area contributed by atoms with E-state index in [0.717, 1.165) is 38.5 Å². The lowest BCUT2D eigenvalue weighted by atomic mass is 9.84. The Labute approximate surface area is 173 Å². The molecule has 0 aromatic carbocycles. The maximum atomic E-state index is 11.7. The van der Waals surface area contributed by atoms with Crippen LogP contribution in [0, 0.1) is 11.8 Å². The van der Waals surface area contributed by atoms with Gasteiger partial charge in [0.25, 0.3) is 0 Å². The van der Waals surface area contributed by atoms with E-state index in [1.807, 2.05) is 0 Å². The van der Waals surface area contributed by atoms with Gasteiger partial charge in [-0.1, -0.05) is 117 Å². The van der Waals surface area contributed by atoms with E-state index in [1.165, 1.54) is 64.2 Å². The maximum Gasteiger partial charge on any atom is 0.307 e. The summed E-state index contributed by atoms with van der Waals surface area (Å²) < 4.78 is 0. The van der Waals surface area contributed by atoms with Crippen LogP contribution in [-0.4, -0.2) is 22.2 Å². The Hall–Kier alpha value is -1.06. The molecular weight excluding hydrogens is 352 g/mol. The molecular formula is C24H46O4. The second-order valence-corrected chi connectivity index (χ2v) is 8.42. The van der Waals surface area contributed by atoms with Gasteiger partial charge in [0.15, 0.2) is 0 Å². The van der Waals surface area contributed by atoms with Crippen LogP contribution in [0.2, 0.25) is 0 Å². The summed E-state index contributed by atoms with van der Waals surface area (Å²) >= 11 is 0. The van der Waals surface area contributed by atoms with Gasteiger partial charge in [0, 0.05) is 0 Å². The normalized spacial score (nSPS) is 13.4. The Balaban J connectivity index is 4.08. The van der Waals surface area contributed by atoms with E-state index < -0.39 is 23.8 Å². The number of hydrogen-bond acceptors (Lipinski definition) is 2. The lowest BCUT2D eigenvalue weighted by Crippen LogP contribution is -2.30. The SMILES string of the molecule is CCCCCCCCCCC(C(=O)O)C(CCCCCCCCCC)C(=O)O. The van der Waals surface area contributed by atoms with Crippen molar-refractivity contribution in [3.8, 4) is 0 Å². The molecule has 28 heavy (non-hydrogen) atoms. The minimum absolute atomic E-state index is 0.498. The van der Waals surface area contributed by atoms with Crippen LogP contribution in [0.3, 0.4) is 0 Å². The van der Waals surface area contributed by atoms with Gasteiger partial charge in [0.2, 0.25) is 0 Å². The van der Waals surface area contributed by atoms with Crippen LogP contribution >= 0.6 is 0 Å². The maximum absolute atomic E-state index is 11.7. The van der Waals surface area contributed by atoms with E-state index >= 15 is 0 Å². The highest BCUT2D eigenvalue weighted by Gasteiger charge is 2.32. The summed E-state index contributed by atoms with van der Waals surface area (Å²) in [6.45, 7) is 4.41. The lowest BCUT2D eigenvalue weighted by Gasteiger charge is -2.20. The van der Waals surface area contributed by atoms with Gasteiger partial charge >= 0.3 is 11.9 Å². The van der Waals surface area contributed by atoms with Gasteiger partial charge in [-0.2, -0.15) is 0 Å². The molecule has 0 aliphatic rings. The average molecular weight is 399 g/mol. The fraction of sp³-hybridized carbons (Fsp3) is 0.917. The molecule has 0 saturated heterocycles. The van der Waals surface area contributed by atoms with Gasteiger partial charge in [-0.05, 0) is 12.8 Å². The molecule has 0 rings (SSSR count). The fourth-order valence-electron chi connectivity index (χ4n) is 3.99. The van der Waals surface area contributed by atoms with Crippen LogP contribution in [-0.2, 0) is 9.59 Å². The standard InChI is InChI=1S/C24H46O4/c1-3-5-7-9-11-13-15-17-19-21(23(25)26)22(24(27)28)20-18-16-14-12-10-8-6-4-2/h21-22H,3-20H2,1-2H3,(H,25,26)(H,27,28). The van der Waals surface area contributed by atoms with Crippen molar-refractivity contribution in [1.82, 2.24) is 0 Å². The highest BCUT2D eigenvalue weighted by molar-refractivity contribution is 5.79. The third kappa shape index (κ3) is 14.9. The molecule has 0 radical (unpaired) electrons. The number of carboxylic acid groups (broad SMARTS) is 2. The van der Waals surface area contributed by atoms with Gasteiger partial charge in [-0.25, -0.2) is 0 Å². The van der Waals surface area contributed by atoms with Crippen LogP contribution in [0.1, 0.15) is 129 Å². The molecule has 0 aliphatic heterocycles. The smallest absolute Gasteiger partial charge is 0.307 e. The Bertz CT molecular complexity index is 345. The molecule has 0 bridgehead atoms. The molecule has 0 heterocycles. The second-order valence-electron chi connectivity index (χ2n) is 8.42. The molecule has 0 aromatic heterocycles. The number of carboxylic acids is 2. The minimum atomic E-state index is -0.935. The number of carbonyl (C=O) groups is 2. The molecule has 0 aromatic rings. The van der Waals surface area contributed by atoms with Crippen molar-refractivity contribution in [3.63, 3.8) is 0 Å². The van der Waals surface area contributed by atoms with Crippen LogP contribution < -0.4 is 0 Å². The number of rotatable bonds is 21. The summed E-state index contributed by atoms with van der Waals surface area (Å²) in [4.78, 5) is 23.3. The molecule has 0 saturated carbocycles. The van der Waals surface area contributed by atoms with Crippen molar-refractivity contribution in [3.05, 3.63) is 0 Å². The van der Waals surface area contributed by atoms with Crippen molar-refractivity contribution in [2.24, 2.45) is 11.8 Å². The molecule has 2 N–H and O–H groups in total. The van der Waals surface area contributed by atoms with E-state index in [2.05, 4.69) is 13.8 Å². The average Bonchev–Trinajstić information content (AvgIpc) is 2.66.